The molecule has 0 aliphatic rings. The first-order chi connectivity index (χ1) is 8.97. The van der Waals surface area contributed by atoms with Crippen LogP contribution >= 0.6 is 15.9 Å². The average Bonchev–Trinajstić information content (AvgIpc) is 2.35. The quantitative estimate of drug-likeness (QED) is 0.808. The van der Waals surface area contributed by atoms with Crippen molar-refractivity contribution in [2.45, 2.75) is 0 Å². The Morgan fingerprint density at radius 1 is 1.37 bits per heavy atom. The largest absolute Gasteiger partial charge is 0.397 e. The maximum Gasteiger partial charge on any atom is 0.252 e. The summed E-state index contributed by atoms with van der Waals surface area (Å²) < 4.78 is 13.8. The van der Waals surface area contributed by atoms with Gasteiger partial charge in [0.1, 0.15) is 11.6 Å². The first kappa shape index (κ1) is 13.3. The molecule has 0 atom stereocenters. The lowest BCUT2D eigenvalue weighted by molar-refractivity contribution is 0.100. The Morgan fingerprint density at radius 3 is 2.79 bits per heavy atom. The number of nitrogens with two attached hydrogens (primary N) is 2. The van der Waals surface area contributed by atoms with E-state index in [0.717, 1.165) is 0 Å². The highest BCUT2D eigenvalue weighted by Crippen LogP contribution is 2.27. The number of carbonyl (C=O) groups excluding carboxylic acids is 1. The summed E-state index contributed by atoms with van der Waals surface area (Å²) in [5.41, 5.74) is 11.7. The van der Waals surface area contributed by atoms with Crippen molar-refractivity contribution in [2.24, 2.45) is 5.73 Å². The van der Waals surface area contributed by atoms with Crippen LogP contribution in [-0.4, -0.2) is 10.9 Å². The van der Waals surface area contributed by atoms with E-state index in [-0.39, 0.29) is 11.4 Å². The smallest absolute Gasteiger partial charge is 0.252 e. The van der Waals surface area contributed by atoms with Gasteiger partial charge in [-0.25, -0.2) is 9.37 Å². The topological polar surface area (TPSA) is 94.0 Å². The zero-order valence-corrected chi connectivity index (χ0v) is 11.2. The monoisotopic (exact) mass is 324 g/mol. The molecular formula is C12H10BrFN4O. The first-order valence-corrected chi connectivity index (χ1v) is 6.04. The second-order valence-corrected chi connectivity index (χ2v) is 4.63. The first-order valence-electron chi connectivity index (χ1n) is 5.25. The molecule has 0 spiro atoms. The highest BCUT2D eigenvalue weighted by atomic mass is 79.9. The van der Waals surface area contributed by atoms with Crippen LogP contribution in [0.1, 0.15) is 10.4 Å². The second-order valence-electron chi connectivity index (χ2n) is 3.78. The van der Waals surface area contributed by atoms with Crippen molar-refractivity contribution in [3.05, 3.63) is 46.3 Å². The number of nitrogens with zero attached hydrogens (tertiary/aromatic N) is 1. The minimum absolute atomic E-state index is 0.135. The van der Waals surface area contributed by atoms with Crippen molar-refractivity contribution in [3.63, 3.8) is 0 Å². The van der Waals surface area contributed by atoms with Crippen molar-refractivity contribution in [3.8, 4) is 0 Å². The maximum absolute atomic E-state index is 13.2. The van der Waals surface area contributed by atoms with Gasteiger partial charge in [0.15, 0.2) is 0 Å². The minimum Gasteiger partial charge on any atom is -0.397 e. The van der Waals surface area contributed by atoms with Crippen LogP contribution in [0.25, 0.3) is 0 Å². The zero-order valence-electron chi connectivity index (χ0n) is 9.65. The van der Waals surface area contributed by atoms with Gasteiger partial charge in [0.2, 0.25) is 0 Å². The molecule has 0 aliphatic heterocycles. The summed E-state index contributed by atoms with van der Waals surface area (Å²) in [6.07, 6.45) is 1.38. The van der Waals surface area contributed by atoms with E-state index in [1.54, 1.807) is 6.07 Å². The van der Waals surface area contributed by atoms with E-state index in [2.05, 4.69) is 26.2 Å². The van der Waals surface area contributed by atoms with Crippen LogP contribution in [0.15, 0.2) is 34.9 Å². The van der Waals surface area contributed by atoms with E-state index in [1.165, 1.54) is 24.4 Å². The van der Waals surface area contributed by atoms with E-state index in [4.69, 9.17) is 11.5 Å². The van der Waals surface area contributed by atoms with Crippen LogP contribution in [0.4, 0.5) is 21.6 Å². The molecule has 5 nitrogen and oxygen atoms in total. The SMILES string of the molecule is NC(=O)c1cc(N)cnc1Nc1cc(F)ccc1Br. The number of rotatable bonds is 3. The maximum atomic E-state index is 13.2. The Balaban J connectivity index is 2.43. The molecule has 5 N–H and O–H groups in total. The molecule has 98 valence electrons. The van der Waals surface area contributed by atoms with E-state index in [9.17, 15) is 9.18 Å². The van der Waals surface area contributed by atoms with Crippen LogP contribution in [0, 0.1) is 5.82 Å². The Labute approximate surface area is 116 Å². The fraction of sp³-hybridized carbons (Fsp3) is 0. The van der Waals surface area contributed by atoms with Gasteiger partial charge in [0.25, 0.3) is 5.91 Å². The highest BCUT2D eigenvalue weighted by Gasteiger charge is 2.12. The van der Waals surface area contributed by atoms with Crippen molar-refractivity contribution < 1.29 is 9.18 Å². The van der Waals surface area contributed by atoms with E-state index in [1.807, 2.05) is 0 Å². The van der Waals surface area contributed by atoms with E-state index in [0.29, 0.717) is 15.8 Å². The molecule has 0 bridgehead atoms. The number of hydrogen-bond acceptors (Lipinski definition) is 4. The summed E-state index contributed by atoms with van der Waals surface area (Å²) in [5.74, 6) is -0.871. The van der Waals surface area contributed by atoms with Gasteiger partial charge >= 0.3 is 0 Å². The summed E-state index contributed by atoms with van der Waals surface area (Å²) in [4.78, 5) is 15.3. The standard InChI is InChI=1S/C12H10BrFN4O/c13-9-2-1-6(14)3-10(9)18-12-8(11(16)19)4-7(15)5-17-12/h1-5H,15H2,(H2,16,19)(H,17,18). The van der Waals surface area contributed by atoms with Gasteiger partial charge in [-0.3, -0.25) is 4.79 Å². The summed E-state index contributed by atoms with van der Waals surface area (Å²) in [6.45, 7) is 0. The Hall–Kier alpha value is -2.15. The molecule has 1 aromatic heterocycles. The van der Waals surface area contributed by atoms with Crippen LogP contribution < -0.4 is 16.8 Å². The third-order valence-corrected chi connectivity index (χ3v) is 3.05. The number of anilines is 3. The van der Waals surface area contributed by atoms with Crippen LogP contribution in [0.2, 0.25) is 0 Å². The van der Waals surface area contributed by atoms with Gasteiger partial charge in [-0.05, 0) is 40.2 Å². The Morgan fingerprint density at radius 2 is 2.11 bits per heavy atom. The second kappa shape index (κ2) is 5.23. The molecule has 0 aliphatic carbocycles. The number of pyridine rings is 1. The lowest BCUT2D eigenvalue weighted by Gasteiger charge is -2.11. The molecule has 0 radical (unpaired) electrons. The lowest BCUT2D eigenvalue weighted by atomic mass is 10.2. The highest BCUT2D eigenvalue weighted by molar-refractivity contribution is 9.10. The fourth-order valence-corrected chi connectivity index (χ4v) is 1.83. The number of primary amides is 1. The molecule has 1 amide bonds. The molecule has 0 saturated heterocycles. The number of hydrogen-bond donors (Lipinski definition) is 3. The van der Waals surface area contributed by atoms with Crippen molar-refractivity contribution >= 4 is 39.0 Å². The van der Waals surface area contributed by atoms with Gasteiger partial charge in [-0.1, -0.05) is 0 Å². The summed E-state index contributed by atoms with van der Waals surface area (Å²) >= 11 is 3.27. The summed E-state index contributed by atoms with van der Waals surface area (Å²) in [6, 6.07) is 5.53. The normalized spacial score (nSPS) is 10.2. The minimum atomic E-state index is -0.671. The van der Waals surface area contributed by atoms with Crippen molar-refractivity contribution in [1.82, 2.24) is 4.98 Å². The molecule has 1 aromatic carbocycles. The average molecular weight is 325 g/mol. The zero-order chi connectivity index (χ0) is 14.0. The van der Waals surface area contributed by atoms with Crippen molar-refractivity contribution in [2.75, 3.05) is 11.1 Å². The predicted octanol–water partition coefficient (Wildman–Crippen LogP) is 2.41. The molecule has 2 aromatic rings. The Bertz CT molecular complexity index is 648. The summed E-state index contributed by atoms with van der Waals surface area (Å²) in [7, 11) is 0. The molecule has 0 unspecified atom stereocenters. The third-order valence-electron chi connectivity index (χ3n) is 2.36. The summed E-state index contributed by atoms with van der Waals surface area (Å²) in [5, 5.41) is 2.84. The van der Waals surface area contributed by atoms with Gasteiger partial charge in [-0.2, -0.15) is 0 Å². The molecule has 0 fully saturated rings. The van der Waals surface area contributed by atoms with E-state index < -0.39 is 11.7 Å². The molecule has 1 heterocycles. The van der Waals surface area contributed by atoms with Gasteiger partial charge < -0.3 is 16.8 Å². The number of benzene rings is 1. The number of nitrogens with one attached hydrogen (secondary N) is 1. The van der Waals surface area contributed by atoms with E-state index >= 15 is 0 Å². The number of carbonyl (C=O) groups is 1. The van der Waals surface area contributed by atoms with Crippen LogP contribution in [-0.2, 0) is 0 Å². The lowest BCUT2D eigenvalue weighted by Crippen LogP contribution is -2.15. The fourth-order valence-electron chi connectivity index (χ4n) is 1.49. The van der Waals surface area contributed by atoms with Gasteiger partial charge in [0.05, 0.1) is 23.1 Å². The van der Waals surface area contributed by atoms with Crippen LogP contribution in [0.3, 0.4) is 0 Å². The number of halogens is 2. The Kier molecular flexibility index (Phi) is 3.66. The molecule has 2 rings (SSSR count). The number of nitrogen functional groups attached to an aromatic ring is 1. The van der Waals surface area contributed by atoms with Crippen molar-refractivity contribution in [1.29, 1.82) is 0 Å². The molecule has 7 heteroatoms. The van der Waals surface area contributed by atoms with Gasteiger partial charge in [0, 0.05) is 4.47 Å². The number of amides is 1. The molecular weight excluding hydrogens is 315 g/mol. The number of aromatic nitrogens is 1. The third kappa shape index (κ3) is 3.00. The molecule has 0 saturated carbocycles. The van der Waals surface area contributed by atoms with Crippen LogP contribution in [0.5, 0.6) is 0 Å². The predicted molar refractivity (Wildman–Crippen MR) is 74.5 cm³/mol. The molecule has 19 heavy (non-hydrogen) atoms. The van der Waals surface area contributed by atoms with Gasteiger partial charge in [-0.15, -0.1) is 0 Å².